The van der Waals surface area contributed by atoms with Crippen LogP contribution in [0.5, 0.6) is 0 Å². The lowest BCUT2D eigenvalue weighted by molar-refractivity contribution is -0.326. The average molecular weight is 745 g/mol. The van der Waals surface area contributed by atoms with Crippen molar-refractivity contribution in [1.29, 1.82) is 0 Å². The number of rotatable bonds is 22. The summed E-state index contributed by atoms with van der Waals surface area (Å²) in [4.78, 5) is 22.4. The number of hydrogen-bond acceptors (Lipinski definition) is 8. The summed E-state index contributed by atoms with van der Waals surface area (Å²) >= 11 is 0. The second-order valence-electron chi connectivity index (χ2n) is 15.6. The Bertz CT molecular complexity index is 1280. The van der Waals surface area contributed by atoms with Crippen molar-refractivity contribution in [3.8, 4) is 0 Å². The van der Waals surface area contributed by atoms with Crippen molar-refractivity contribution < 1.29 is 38.0 Å². The highest BCUT2D eigenvalue weighted by molar-refractivity contribution is 5.81. The minimum Gasteiger partial charge on any atom is -0.463 e. The maximum Gasteiger partial charge on any atom is 0.330 e. The lowest BCUT2D eigenvalue weighted by atomic mass is 9.78. The smallest absolute Gasteiger partial charge is 0.330 e. The third-order valence-electron chi connectivity index (χ3n) is 11.7. The van der Waals surface area contributed by atoms with Crippen molar-refractivity contribution in [2.24, 2.45) is 23.7 Å². The minimum atomic E-state index is -0.570. The van der Waals surface area contributed by atoms with Gasteiger partial charge in [0.05, 0.1) is 39.6 Å². The van der Waals surface area contributed by atoms with Crippen molar-refractivity contribution >= 4 is 11.9 Å². The molecule has 2 atom stereocenters. The Morgan fingerprint density at radius 3 is 1.22 bits per heavy atom. The lowest BCUT2D eigenvalue weighted by Gasteiger charge is -2.31. The molecule has 5 rings (SSSR count). The molecule has 54 heavy (non-hydrogen) atoms. The number of hydrogen-bond donors (Lipinski definition) is 0. The first kappa shape index (κ1) is 41.9. The van der Waals surface area contributed by atoms with Crippen molar-refractivity contribution in [1.82, 2.24) is 0 Å². The van der Waals surface area contributed by atoms with Gasteiger partial charge in [0.15, 0.2) is 0 Å². The third kappa shape index (κ3) is 15.1. The molecular weight excluding hydrogens is 680 g/mol. The predicted octanol–water partition coefficient (Wildman–Crippen LogP) is 9.62. The summed E-state index contributed by atoms with van der Waals surface area (Å²) in [5, 5.41) is 0. The van der Waals surface area contributed by atoms with Gasteiger partial charge in [-0.25, -0.2) is 9.59 Å². The van der Waals surface area contributed by atoms with E-state index in [2.05, 4.69) is 61.7 Å². The van der Waals surface area contributed by atoms with E-state index < -0.39 is 12.6 Å². The Balaban J connectivity index is 0.930. The highest BCUT2D eigenvalue weighted by Gasteiger charge is 2.29. The summed E-state index contributed by atoms with van der Waals surface area (Å²) in [6, 6.07) is 17.5. The first-order valence-electron chi connectivity index (χ1n) is 20.7. The Labute approximate surface area is 324 Å². The van der Waals surface area contributed by atoms with Gasteiger partial charge in [0.2, 0.25) is 12.6 Å². The van der Waals surface area contributed by atoms with Gasteiger partial charge in [0, 0.05) is 12.2 Å². The van der Waals surface area contributed by atoms with Crippen LogP contribution in [0.2, 0.25) is 0 Å². The molecule has 0 amide bonds. The second kappa shape index (κ2) is 23.6. The number of benzene rings is 2. The molecule has 2 aromatic carbocycles. The summed E-state index contributed by atoms with van der Waals surface area (Å²) < 4.78 is 34.4. The highest BCUT2D eigenvalue weighted by Crippen LogP contribution is 2.35. The highest BCUT2D eigenvalue weighted by atomic mass is 16.8. The molecule has 0 N–H and O–H groups in total. The topological polar surface area (TPSA) is 89.5 Å². The molecule has 3 fully saturated rings. The number of esters is 2. The van der Waals surface area contributed by atoms with E-state index in [4.69, 9.17) is 28.4 Å². The van der Waals surface area contributed by atoms with E-state index in [1.165, 1.54) is 87.5 Å². The van der Waals surface area contributed by atoms with Crippen LogP contribution in [0.4, 0.5) is 0 Å². The SMILES string of the molecule is C=CC(=O)OCCCC1CCC(CCc2ccc(COC3OCCOC3OCc3ccc(CCC4CCC(CCCOC(=O)C=C)CC4)cc3)cc2)CC1. The molecule has 0 spiro atoms. The Kier molecular flexibility index (Phi) is 18.3. The van der Waals surface area contributed by atoms with Gasteiger partial charge in [-0.1, -0.05) is 113 Å². The lowest BCUT2D eigenvalue weighted by Crippen LogP contribution is -2.41. The summed E-state index contributed by atoms with van der Waals surface area (Å²) in [7, 11) is 0. The van der Waals surface area contributed by atoms with Gasteiger partial charge in [0.1, 0.15) is 0 Å². The zero-order valence-electron chi connectivity index (χ0n) is 32.5. The van der Waals surface area contributed by atoms with E-state index in [0.29, 0.717) is 39.6 Å². The molecule has 2 saturated carbocycles. The molecule has 1 saturated heterocycles. The molecule has 1 heterocycles. The molecule has 2 aromatic rings. The van der Waals surface area contributed by atoms with Crippen LogP contribution in [-0.2, 0) is 64.1 Å². The van der Waals surface area contributed by atoms with Crippen LogP contribution in [0.1, 0.15) is 112 Å². The first-order chi connectivity index (χ1) is 26.5. The van der Waals surface area contributed by atoms with Crippen molar-refractivity contribution in [2.45, 2.75) is 129 Å². The fourth-order valence-electron chi connectivity index (χ4n) is 8.27. The first-order valence-corrected chi connectivity index (χ1v) is 20.7. The molecule has 0 aromatic heterocycles. The zero-order chi connectivity index (χ0) is 37.8. The van der Waals surface area contributed by atoms with Crippen LogP contribution in [0.3, 0.4) is 0 Å². The summed E-state index contributed by atoms with van der Waals surface area (Å²) in [5.74, 6) is 2.46. The van der Waals surface area contributed by atoms with Gasteiger partial charge in [0.25, 0.3) is 0 Å². The summed E-state index contributed by atoms with van der Waals surface area (Å²) in [6.45, 7) is 9.75. The van der Waals surface area contributed by atoms with Gasteiger partial charge in [-0.15, -0.1) is 0 Å². The fourth-order valence-corrected chi connectivity index (χ4v) is 8.27. The third-order valence-corrected chi connectivity index (χ3v) is 11.7. The molecule has 2 aliphatic carbocycles. The van der Waals surface area contributed by atoms with Gasteiger partial charge in [-0.3, -0.25) is 0 Å². The van der Waals surface area contributed by atoms with E-state index in [-0.39, 0.29) is 11.9 Å². The second-order valence-corrected chi connectivity index (χ2v) is 15.6. The van der Waals surface area contributed by atoms with E-state index >= 15 is 0 Å². The molecular formula is C46H64O8. The Morgan fingerprint density at radius 2 is 0.870 bits per heavy atom. The van der Waals surface area contributed by atoms with Crippen molar-refractivity contribution in [2.75, 3.05) is 26.4 Å². The fraction of sp³-hybridized carbons (Fsp3) is 0.609. The molecule has 3 aliphatic rings. The summed E-state index contributed by atoms with van der Waals surface area (Å²) in [6.07, 6.45) is 20.5. The number of carbonyl (C=O) groups excluding carboxylic acids is 2. The van der Waals surface area contributed by atoms with Gasteiger partial charge >= 0.3 is 11.9 Å². The predicted molar refractivity (Wildman–Crippen MR) is 210 cm³/mol. The normalized spacial score (nSPS) is 24.4. The molecule has 0 bridgehead atoms. The minimum absolute atomic E-state index is 0.323. The standard InChI is InChI=1S/C46H64O8/c1-3-43(47)49-29-5-7-35-9-13-37(14-10-35)17-19-39-21-25-41(26-22-39)33-53-45-46(52-32-31-51-45)54-34-42-27-23-40(24-28-42)20-18-38-15-11-36(12-16-38)8-6-30-50-44(48)4-2/h3-4,21-28,35-38,45-46H,1-2,5-20,29-34H2. The van der Waals surface area contributed by atoms with Crippen molar-refractivity contribution in [3.63, 3.8) is 0 Å². The van der Waals surface area contributed by atoms with E-state index in [9.17, 15) is 9.59 Å². The van der Waals surface area contributed by atoms with Crippen LogP contribution in [-0.4, -0.2) is 50.9 Å². The van der Waals surface area contributed by atoms with Crippen LogP contribution in [0.15, 0.2) is 73.8 Å². The molecule has 1 aliphatic heterocycles. The molecule has 0 radical (unpaired) electrons. The van der Waals surface area contributed by atoms with Crippen LogP contribution in [0.25, 0.3) is 0 Å². The van der Waals surface area contributed by atoms with E-state index in [1.54, 1.807) is 0 Å². The Hall–Kier alpha value is -3.30. The maximum absolute atomic E-state index is 11.2. The molecule has 8 nitrogen and oxygen atoms in total. The zero-order valence-corrected chi connectivity index (χ0v) is 32.5. The number of aryl methyl sites for hydroxylation is 2. The Morgan fingerprint density at radius 1 is 0.537 bits per heavy atom. The van der Waals surface area contributed by atoms with Crippen molar-refractivity contribution in [3.05, 3.63) is 96.1 Å². The summed E-state index contributed by atoms with van der Waals surface area (Å²) in [5.41, 5.74) is 4.96. The average Bonchev–Trinajstić information content (AvgIpc) is 3.22. The molecule has 2 unspecified atom stereocenters. The van der Waals surface area contributed by atoms with Crippen LogP contribution in [0, 0.1) is 23.7 Å². The number of carbonyl (C=O) groups is 2. The molecule has 8 heteroatoms. The van der Waals surface area contributed by atoms with Gasteiger partial charge < -0.3 is 28.4 Å². The monoisotopic (exact) mass is 744 g/mol. The quantitative estimate of drug-likeness (QED) is 0.0669. The van der Waals surface area contributed by atoms with E-state index in [0.717, 1.165) is 73.3 Å². The van der Waals surface area contributed by atoms with Crippen LogP contribution < -0.4 is 0 Å². The van der Waals surface area contributed by atoms with Crippen LogP contribution >= 0.6 is 0 Å². The van der Waals surface area contributed by atoms with E-state index in [1.807, 2.05) is 0 Å². The maximum atomic E-state index is 11.2. The van der Waals surface area contributed by atoms with Gasteiger partial charge in [-0.05, 0) is 97.3 Å². The molecule has 296 valence electrons. The largest absolute Gasteiger partial charge is 0.463 e. The van der Waals surface area contributed by atoms with Gasteiger partial charge in [-0.2, -0.15) is 0 Å². The number of ether oxygens (including phenoxy) is 6.